The summed E-state index contributed by atoms with van der Waals surface area (Å²) in [6, 6.07) is 16.2. The van der Waals surface area contributed by atoms with Gasteiger partial charge in [0.25, 0.3) is 0 Å². The molecule has 1 aromatic heterocycles. The van der Waals surface area contributed by atoms with Crippen LogP contribution in [0.5, 0.6) is 0 Å². The Kier molecular flexibility index (Phi) is 4.32. The molecule has 0 saturated carbocycles. The lowest BCUT2D eigenvalue weighted by Gasteiger charge is -2.17. The first kappa shape index (κ1) is 15.4. The van der Waals surface area contributed by atoms with Gasteiger partial charge in [0.2, 0.25) is 5.13 Å². The van der Waals surface area contributed by atoms with Crippen molar-refractivity contribution in [2.24, 2.45) is 5.10 Å². The summed E-state index contributed by atoms with van der Waals surface area (Å²) < 4.78 is 0. The van der Waals surface area contributed by atoms with Crippen LogP contribution < -0.4 is 5.43 Å². The zero-order valence-corrected chi connectivity index (χ0v) is 14.6. The maximum atomic E-state index is 5.93. The van der Waals surface area contributed by atoms with E-state index >= 15 is 0 Å². The van der Waals surface area contributed by atoms with Crippen molar-refractivity contribution >= 4 is 33.8 Å². The van der Waals surface area contributed by atoms with Crippen molar-refractivity contribution in [3.63, 3.8) is 0 Å². The Balaban J connectivity index is 1.54. The van der Waals surface area contributed by atoms with Gasteiger partial charge >= 0.3 is 0 Å². The smallest absolute Gasteiger partial charge is 0.203 e. The molecule has 0 amide bonds. The van der Waals surface area contributed by atoms with Crippen molar-refractivity contribution < 1.29 is 0 Å². The highest BCUT2D eigenvalue weighted by molar-refractivity contribution is 7.14. The van der Waals surface area contributed by atoms with Gasteiger partial charge in [-0.2, -0.15) is 5.10 Å². The van der Waals surface area contributed by atoms with Gasteiger partial charge in [-0.25, -0.2) is 4.98 Å². The second-order valence-electron chi connectivity index (χ2n) is 5.73. The van der Waals surface area contributed by atoms with E-state index in [4.69, 9.17) is 11.6 Å². The van der Waals surface area contributed by atoms with E-state index in [9.17, 15) is 0 Å². The van der Waals surface area contributed by atoms with Gasteiger partial charge in [0.05, 0.1) is 11.4 Å². The van der Waals surface area contributed by atoms with E-state index in [1.807, 2.05) is 29.6 Å². The molecule has 3 nitrogen and oxygen atoms in total. The van der Waals surface area contributed by atoms with Gasteiger partial charge < -0.3 is 0 Å². The van der Waals surface area contributed by atoms with Gasteiger partial charge in [0, 0.05) is 21.5 Å². The van der Waals surface area contributed by atoms with Crippen LogP contribution in [0.25, 0.3) is 11.3 Å². The van der Waals surface area contributed by atoms with Gasteiger partial charge in [0.15, 0.2) is 0 Å². The lowest BCUT2D eigenvalue weighted by molar-refractivity contribution is 0.837. The lowest BCUT2D eigenvalue weighted by Crippen LogP contribution is -2.13. The second-order valence-corrected chi connectivity index (χ2v) is 7.02. The van der Waals surface area contributed by atoms with Crippen molar-refractivity contribution in [1.29, 1.82) is 0 Å². The fraction of sp³-hybridized carbons (Fsp3) is 0.158. The Morgan fingerprint density at radius 2 is 1.88 bits per heavy atom. The Hall–Kier alpha value is -2.17. The highest BCUT2D eigenvalue weighted by Crippen LogP contribution is 2.27. The van der Waals surface area contributed by atoms with E-state index < -0.39 is 0 Å². The molecular weight excluding hydrogens is 338 g/mol. The van der Waals surface area contributed by atoms with Crippen LogP contribution in [0, 0.1) is 0 Å². The molecule has 2 aromatic carbocycles. The van der Waals surface area contributed by atoms with Crippen LogP contribution in [-0.2, 0) is 6.42 Å². The maximum absolute atomic E-state index is 5.93. The number of fused-ring (bicyclic) bond motifs is 1. The normalized spacial score (nSPS) is 15.3. The van der Waals surface area contributed by atoms with Gasteiger partial charge in [-0.1, -0.05) is 48.0 Å². The van der Waals surface area contributed by atoms with E-state index in [-0.39, 0.29) is 0 Å². The average Bonchev–Trinajstić information content (AvgIpc) is 3.09. The molecule has 24 heavy (non-hydrogen) atoms. The van der Waals surface area contributed by atoms with Crippen LogP contribution in [-0.4, -0.2) is 10.7 Å². The summed E-state index contributed by atoms with van der Waals surface area (Å²) in [5, 5.41) is 8.17. The zero-order chi connectivity index (χ0) is 16.4. The lowest BCUT2D eigenvalue weighted by atomic mass is 9.90. The van der Waals surface area contributed by atoms with Crippen LogP contribution >= 0.6 is 22.9 Å². The van der Waals surface area contributed by atoms with Gasteiger partial charge in [-0.15, -0.1) is 11.3 Å². The number of hydrazone groups is 1. The summed E-state index contributed by atoms with van der Waals surface area (Å²) in [7, 11) is 0. The van der Waals surface area contributed by atoms with Crippen molar-refractivity contribution in [2.75, 3.05) is 5.43 Å². The molecule has 0 saturated heterocycles. The van der Waals surface area contributed by atoms with Crippen molar-refractivity contribution in [1.82, 2.24) is 4.98 Å². The standard InChI is InChI=1S/C19H16ClN3S/c20-15-10-8-14(9-11-15)18-12-24-19(21-18)23-22-17-7-3-5-13-4-1-2-6-16(13)17/h1-2,4,6,8-12H,3,5,7H2,(H,21,23)/b22-17-. The summed E-state index contributed by atoms with van der Waals surface area (Å²) in [5.41, 5.74) is 8.86. The third kappa shape index (κ3) is 3.21. The predicted octanol–water partition coefficient (Wildman–Crippen LogP) is 5.62. The average molecular weight is 354 g/mol. The summed E-state index contributed by atoms with van der Waals surface area (Å²) in [4.78, 5) is 4.61. The van der Waals surface area contributed by atoms with E-state index in [2.05, 4.69) is 39.8 Å². The Bertz CT molecular complexity index is 884. The number of hydrogen-bond donors (Lipinski definition) is 1. The topological polar surface area (TPSA) is 37.3 Å². The Morgan fingerprint density at radius 3 is 2.75 bits per heavy atom. The highest BCUT2D eigenvalue weighted by Gasteiger charge is 2.14. The van der Waals surface area contributed by atoms with E-state index in [0.717, 1.165) is 46.4 Å². The van der Waals surface area contributed by atoms with E-state index in [0.29, 0.717) is 0 Å². The Labute approximate surface area is 150 Å². The van der Waals surface area contributed by atoms with Crippen molar-refractivity contribution in [2.45, 2.75) is 19.3 Å². The number of anilines is 1. The predicted molar refractivity (Wildman–Crippen MR) is 102 cm³/mol. The molecule has 4 rings (SSSR count). The van der Waals surface area contributed by atoms with E-state index in [1.54, 1.807) is 11.3 Å². The second kappa shape index (κ2) is 6.75. The minimum absolute atomic E-state index is 0.731. The minimum Gasteiger partial charge on any atom is -0.252 e. The number of nitrogens with zero attached hydrogens (tertiary/aromatic N) is 2. The SMILES string of the molecule is Clc1ccc(-c2csc(N/N=C3/CCCc4ccccc43)n2)cc1. The molecule has 1 aliphatic rings. The fourth-order valence-electron chi connectivity index (χ4n) is 2.91. The molecule has 120 valence electrons. The number of nitrogens with one attached hydrogen (secondary N) is 1. The third-order valence-corrected chi connectivity index (χ3v) is 5.12. The molecule has 1 N–H and O–H groups in total. The molecule has 5 heteroatoms. The fourth-order valence-corrected chi connectivity index (χ4v) is 3.70. The van der Waals surface area contributed by atoms with Gasteiger partial charge in [-0.3, -0.25) is 5.43 Å². The van der Waals surface area contributed by atoms with Gasteiger partial charge in [-0.05, 0) is 37.0 Å². The maximum Gasteiger partial charge on any atom is 0.203 e. The summed E-state index contributed by atoms with van der Waals surface area (Å²) >= 11 is 7.49. The molecule has 1 heterocycles. The number of thiazole rings is 1. The first-order valence-electron chi connectivity index (χ1n) is 7.92. The molecular formula is C19H16ClN3S. The van der Waals surface area contributed by atoms with Crippen LogP contribution in [0.1, 0.15) is 24.0 Å². The highest BCUT2D eigenvalue weighted by atomic mass is 35.5. The monoisotopic (exact) mass is 353 g/mol. The summed E-state index contributed by atoms with van der Waals surface area (Å²) in [6.07, 6.45) is 3.28. The number of aryl methyl sites for hydroxylation is 1. The largest absolute Gasteiger partial charge is 0.252 e. The molecule has 0 radical (unpaired) electrons. The quantitative estimate of drug-likeness (QED) is 0.621. The summed E-state index contributed by atoms with van der Waals surface area (Å²) in [5.74, 6) is 0. The molecule has 0 atom stereocenters. The minimum atomic E-state index is 0.731. The van der Waals surface area contributed by atoms with Crippen LogP contribution in [0.3, 0.4) is 0 Å². The van der Waals surface area contributed by atoms with E-state index in [1.165, 1.54) is 11.1 Å². The van der Waals surface area contributed by atoms with Gasteiger partial charge in [0.1, 0.15) is 0 Å². The van der Waals surface area contributed by atoms with Crippen LogP contribution in [0.2, 0.25) is 5.02 Å². The summed E-state index contributed by atoms with van der Waals surface area (Å²) in [6.45, 7) is 0. The number of halogens is 1. The number of hydrogen-bond acceptors (Lipinski definition) is 4. The first-order chi connectivity index (χ1) is 11.8. The first-order valence-corrected chi connectivity index (χ1v) is 9.18. The molecule has 0 aliphatic heterocycles. The third-order valence-electron chi connectivity index (χ3n) is 4.12. The molecule has 0 bridgehead atoms. The molecule has 3 aromatic rings. The molecule has 0 fully saturated rings. The van der Waals surface area contributed by atoms with Crippen LogP contribution in [0.4, 0.5) is 5.13 Å². The van der Waals surface area contributed by atoms with Crippen molar-refractivity contribution in [3.05, 3.63) is 70.1 Å². The molecule has 0 unspecified atom stereocenters. The molecule has 1 aliphatic carbocycles. The zero-order valence-electron chi connectivity index (χ0n) is 13.0. The Morgan fingerprint density at radius 1 is 1.04 bits per heavy atom. The number of benzene rings is 2. The molecule has 0 spiro atoms. The number of rotatable bonds is 3. The number of aromatic nitrogens is 1. The van der Waals surface area contributed by atoms with Crippen molar-refractivity contribution in [3.8, 4) is 11.3 Å². The van der Waals surface area contributed by atoms with Crippen LogP contribution in [0.15, 0.2) is 59.0 Å².